The van der Waals surface area contributed by atoms with E-state index in [0.29, 0.717) is 30.1 Å². The average Bonchev–Trinajstić information content (AvgIpc) is 2.72. The van der Waals surface area contributed by atoms with Crippen LogP contribution < -0.4 is 14.2 Å². The molecule has 1 aliphatic heterocycles. The van der Waals surface area contributed by atoms with Gasteiger partial charge in [-0.3, -0.25) is 9.59 Å². The quantitative estimate of drug-likeness (QED) is 0.372. The molecular weight excluding hydrogens is 420 g/mol. The fourth-order valence-corrected chi connectivity index (χ4v) is 4.34. The lowest BCUT2D eigenvalue weighted by Gasteiger charge is -2.40. The van der Waals surface area contributed by atoms with Crippen molar-refractivity contribution in [2.75, 3.05) is 0 Å². The van der Waals surface area contributed by atoms with E-state index < -0.39 is 17.5 Å². The third kappa shape index (κ3) is 6.98. The summed E-state index contributed by atoms with van der Waals surface area (Å²) in [5, 5.41) is 9.10. The van der Waals surface area contributed by atoms with Crippen LogP contribution in [0.4, 0.5) is 0 Å². The molecule has 0 aromatic heterocycles. The maximum Gasteiger partial charge on any atom is 0.308 e. The number of carbonyl (C=O) groups is 2. The molecule has 33 heavy (non-hydrogen) atoms. The molecule has 0 fully saturated rings. The maximum absolute atomic E-state index is 11.8. The van der Waals surface area contributed by atoms with Crippen molar-refractivity contribution in [2.45, 2.75) is 77.9 Å². The molecular formula is C27H34O6. The Balaban J connectivity index is 1.73. The lowest BCUT2D eigenvalue weighted by Crippen LogP contribution is -2.42. The smallest absolute Gasteiger partial charge is 0.308 e. The molecule has 0 spiro atoms. The van der Waals surface area contributed by atoms with Gasteiger partial charge in [0.05, 0.1) is 6.10 Å². The predicted octanol–water partition coefficient (Wildman–Crippen LogP) is 5.60. The second-order valence-electron chi connectivity index (χ2n) is 9.34. The summed E-state index contributed by atoms with van der Waals surface area (Å²) in [6.45, 7) is 7.33. The van der Waals surface area contributed by atoms with Gasteiger partial charge in [-0.2, -0.15) is 0 Å². The molecule has 3 rings (SSSR count). The van der Waals surface area contributed by atoms with Crippen molar-refractivity contribution < 1.29 is 28.9 Å². The zero-order valence-electron chi connectivity index (χ0n) is 19.9. The number of carboxylic acids is 1. The van der Waals surface area contributed by atoms with Crippen LogP contribution in [0.25, 0.3) is 0 Å². The molecule has 0 saturated heterocycles. The van der Waals surface area contributed by atoms with Crippen LogP contribution >= 0.6 is 0 Å². The number of esters is 1. The van der Waals surface area contributed by atoms with Gasteiger partial charge < -0.3 is 19.3 Å². The fraction of sp³-hybridized carbons (Fsp3) is 0.481. The van der Waals surface area contributed by atoms with E-state index in [1.165, 1.54) is 12.5 Å². The lowest BCUT2D eigenvalue weighted by molar-refractivity contribution is -0.137. The highest BCUT2D eigenvalue weighted by molar-refractivity contribution is 5.71. The van der Waals surface area contributed by atoms with E-state index in [2.05, 4.69) is 12.1 Å². The van der Waals surface area contributed by atoms with E-state index in [-0.39, 0.29) is 18.4 Å². The van der Waals surface area contributed by atoms with E-state index in [9.17, 15) is 9.59 Å². The van der Waals surface area contributed by atoms with Crippen molar-refractivity contribution in [3.05, 3.63) is 53.6 Å². The second kappa shape index (κ2) is 10.7. The summed E-state index contributed by atoms with van der Waals surface area (Å²) in [6.07, 6.45) is 3.99. The topological polar surface area (TPSA) is 82.1 Å². The summed E-state index contributed by atoms with van der Waals surface area (Å²) in [7, 11) is 0. The molecule has 0 amide bonds. The van der Waals surface area contributed by atoms with Crippen LogP contribution in [0.15, 0.2) is 42.5 Å². The lowest BCUT2D eigenvalue weighted by atomic mass is 9.79. The molecule has 178 valence electrons. The third-order valence-electron chi connectivity index (χ3n) is 6.16. The second-order valence-corrected chi connectivity index (χ2v) is 9.34. The van der Waals surface area contributed by atoms with Gasteiger partial charge in [-0.25, -0.2) is 0 Å². The summed E-state index contributed by atoms with van der Waals surface area (Å²) in [5.41, 5.74) is 1.54. The van der Waals surface area contributed by atoms with E-state index in [4.69, 9.17) is 19.3 Å². The highest BCUT2D eigenvalue weighted by Gasteiger charge is 2.39. The standard InChI is InChI=1S/C27H34O6/c1-18(9-8-12-20-10-6-5-7-11-20)31-22-16-24(32-19(2)28)23-15-21(13-14-26(29)30)27(3,4)33-25(23)17-22/h5-7,10-11,16-18,21H,8-9,12-15H2,1-4H3,(H,29,30). The molecule has 0 radical (unpaired) electrons. The molecule has 6 heteroatoms. The van der Waals surface area contributed by atoms with Gasteiger partial charge in [0.1, 0.15) is 22.8 Å². The Hall–Kier alpha value is -3.02. The van der Waals surface area contributed by atoms with Crippen molar-refractivity contribution >= 4 is 11.9 Å². The van der Waals surface area contributed by atoms with E-state index in [0.717, 1.165) is 24.8 Å². The van der Waals surface area contributed by atoms with E-state index >= 15 is 0 Å². The Morgan fingerprint density at radius 2 is 1.94 bits per heavy atom. The van der Waals surface area contributed by atoms with Crippen molar-refractivity contribution in [2.24, 2.45) is 5.92 Å². The number of carboxylic acid groups (broad SMARTS) is 1. The number of fused-ring (bicyclic) bond motifs is 1. The number of rotatable bonds is 10. The molecule has 2 aromatic carbocycles. The average molecular weight is 455 g/mol. The van der Waals surface area contributed by atoms with Gasteiger partial charge >= 0.3 is 11.9 Å². The molecule has 1 heterocycles. The van der Waals surface area contributed by atoms with E-state index in [1.807, 2.05) is 45.0 Å². The largest absolute Gasteiger partial charge is 0.490 e. The molecule has 2 atom stereocenters. The Bertz CT molecular complexity index is 966. The summed E-state index contributed by atoms with van der Waals surface area (Å²) in [6, 6.07) is 14.0. The first-order chi connectivity index (χ1) is 15.6. The van der Waals surface area contributed by atoms with Crippen LogP contribution in [0.3, 0.4) is 0 Å². The van der Waals surface area contributed by atoms with Crippen LogP contribution in [0, 0.1) is 5.92 Å². The predicted molar refractivity (Wildman–Crippen MR) is 126 cm³/mol. The van der Waals surface area contributed by atoms with Gasteiger partial charge in [-0.15, -0.1) is 0 Å². The molecule has 0 bridgehead atoms. The number of benzene rings is 2. The monoisotopic (exact) mass is 454 g/mol. The Kier molecular flexibility index (Phi) is 8.01. The zero-order valence-corrected chi connectivity index (χ0v) is 19.9. The van der Waals surface area contributed by atoms with Crippen molar-refractivity contribution in [3.63, 3.8) is 0 Å². The van der Waals surface area contributed by atoms with Crippen LogP contribution in [-0.2, 0) is 22.4 Å². The minimum atomic E-state index is -0.832. The first-order valence-corrected chi connectivity index (χ1v) is 11.6. The molecule has 0 aliphatic carbocycles. The fourth-order valence-electron chi connectivity index (χ4n) is 4.34. The first-order valence-electron chi connectivity index (χ1n) is 11.6. The molecule has 6 nitrogen and oxygen atoms in total. The minimum Gasteiger partial charge on any atom is -0.490 e. The number of hydrogen-bond acceptors (Lipinski definition) is 5. The number of hydrogen-bond donors (Lipinski definition) is 1. The van der Waals surface area contributed by atoms with Crippen LogP contribution in [0.2, 0.25) is 0 Å². The summed E-state index contributed by atoms with van der Waals surface area (Å²) in [4.78, 5) is 22.8. The van der Waals surface area contributed by atoms with Gasteiger partial charge in [0.15, 0.2) is 0 Å². The molecule has 2 unspecified atom stereocenters. The SMILES string of the molecule is CC(=O)Oc1cc(OC(C)CCCc2ccccc2)cc2c1CC(CCC(=O)O)C(C)(C)O2. The normalized spacial score (nSPS) is 17.4. The number of carbonyl (C=O) groups excluding carboxylic acids is 1. The molecule has 1 aliphatic rings. The Morgan fingerprint density at radius 1 is 1.21 bits per heavy atom. The summed E-state index contributed by atoms with van der Waals surface area (Å²) >= 11 is 0. The number of aliphatic carboxylic acids is 1. The van der Waals surface area contributed by atoms with Gasteiger partial charge in [0.2, 0.25) is 0 Å². The number of aryl methyl sites for hydroxylation is 1. The first kappa shape index (κ1) is 24.6. The Labute approximate surface area is 195 Å². The van der Waals surface area contributed by atoms with Crippen LogP contribution in [0.5, 0.6) is 17.2 Å². The number of ether oxygens (including phenoxy) is 3. The maximum atomic E-state index is 11.8. The van der Waals surface area contributed by atoms with E-state index in [1.54, 1.807) is 6.07 Å². The third-order valence-corrected chi connectivity index (χ3v) is 6.16. The summed E-state index contributed by atoms with van der Waals surface area (Å²) < 4.78 is 17.9. The van der Waals surface area contributed by atoms with Gasteiger partial charge in [-0.1, -0.05) is 30.3 Å². The van der Waals surface area contributed by atoms with Crippen molar-refractivity contribution in [1.82, 2.24) is 0 Å². The van der Waals surface area contributed by atoms with Crippen molar-refractivity contribution in [3.8, 4) is 17.2 Å². The van der Waals surface area contributed by atoms with Gasteiger partial charge in [0.25, 0.3) is 0 Å². The van der Waals surface area contributed by atoms with Gasteiger partial charge in [0, 0.05) is 37.0 Å². The van der Waals surface area contributed by atoms with Crippen LogP contribution in [-0.4, -0.2) is 28.8 Å². The highest BCUT2D eigenvalue weighted by atomic mass is 16.5. The van der Waals surface area contributed by atoms with Gasteiger partial charge in [-0.05, 0) is 58.4 Å². The summed E-state index contributed by atoms with van der Waals surface area (Å²) in [5.74, 6) is 0.370. The highest BCUT2D eigenvalue weighted by Crippen LogP contribution is 2.45. The Morgan fingerprint density at radius 3 is 2.61 bits per heavy atom. The van der Waals surface area contributed by atoms with Crippen molar-refractivity contribution in [1.29, 1.82) is 0 Å². The van der Waals surface area contributed by atoms with Crippen LogP contribution in [0.1, 0.15) is 64.5 Å². The molecule has 0 saturated carbocycles. The molecule has 1 N–H and O–H groups in total. The molecule has 2 aromatic rings. The zero-order chi connectivity index (χ0) is 24.0. The minimum absolute atomic E-state index is 0.0147.